The summed E-state index contributed by atoms with van der Waals surface area (Å²) in [5, 5.41) is 10.7. The van der Waals surface area contributed by atoms with E-state index in [1.54, 1.807) is 13.2 Å². The lowest BCUT2D eigenvalue weighted by molar-refractivity contribution is -0.140. The third-order valence-electron chi connectivity index (χ3n) is 6.05. The van der Waals surface area contributed by atoms with E-state index in [-0.39, 0.29) is 59.5 Å². The Kier molecular flexibility index (Phi) is 7.31. The third kappa shape index (κ3) is 4.49. The molecule has 2 heterocycles. The van der Waals surface area contributed by atoms with Crippen LogP contribution in [0.4, 0.5) is 0 Å². The maximum absolute atomic E-state index is 12.7. The fourth-order valence-corrected chi connectivity index (χ4v) is 4.73. The molecule has 0 spiro atoms. The fourth-order valence-electron chi connectivity index (χ4n) is 4.73. The van der Waals surface area contributed by atoms with Gasteiger partial charge in [0.25, 0.3) is 0 Å². The first-order valence-electron chi connectivity index (χ1n) is 10.1. The first-order valence-corrected chi connectivity index (χ1v) is 10.1. The molecule has 4 unspecified atom stereocenters. The second kappa shape index (κ2) is 9.73. The molecule has 1 aromatic rings. The summed E-state index contributed by atoms with van der Waals surface area (Å²) in [7, 11) is 1.74. The molecule has 3 aliphatic rings. The largest absolute Gasteiger partial charge is 0.356 e. The number of nitrogens with one attached hydrogen (secondary N) is 2. The number of nitrogens with zero attached hydrogens (tertiary/aromatic N) is 4. The maximum atomic E-state index is 12.7. The molecular weight excluding hydrogens is 483 g/mol. The van der Waals surface area contributed by atoms with E-state index in [0.29, 0.717) is 19.5 Å². The number of halogens is 1. The highest BCUT2D eigenvalue weighted by Gasteiger charge is 2.58. The number of carbonyl (C=O) groups excluding carboxylic acids is 2. The molecule has 0 aromatic carbocycles. The summed E-state index contributed by atoms with van der Waals surface area (Å²) in [5.74, 6) is 1.16. The number of imide groups is 1. The molecule has 2 amide bonds. The lowest BCUT2D eigenvalue weighted by Gasteiger charge is -2.18. The summed E-state index contributed by atoms with van der Waals surface area (Å²) in [4.78, 5) is 31.0. The lowest BCUT2D eigenvalue weighted by Crippen LogP contribution is -2.40. The molecule has 2 bridgehead atoms. The summed E-state index contributed by atoms with van der Waals surface area (Å²) in [6.07, 6.45) is 10.6. The molecule has 8 nitrogen and oxygen atoms in total. The number of aryl methyl sites for hydroxylation is 1. The molecule has 0 radical (unpaired) electrons. The number of aromatic nitrogens is 2. The standard InChI is InChI=1S/C20H28N6O2.HI/c1-21-20(22-7-2-10-25-11-4-9-24-25)23-8-3-12-26-18(27)16-14-5-6-15(13-14)17(16)19(26)28;/h4-6,9,11,14-17H,2-3,7-8,10,12-13H2,1H3,(H2,21,22,23);1H. The highest BCUT2D eigenvalue weighted by Crippen LogP contribution is 2.52. The molecule has 2 N–H and O–H groups in total. The molecule has 158 valence electrons. The van der Waals surface area contributed by atoms with Crippen molar-refractivity contribution in [3.05, 3.63) is 30.6 Å². The van der Waals surface area contributed by atoms with E-state index in [9.17, 15) is 9.59 Å². The molecule has 9 heteroatoms. The summed E-state index contributed by atoms with van der Waals surface area (Å²) in [5.41, 5.74) is 0. The fraction of sp³-hybridized carbons (Fsp3) is 0.600. The van der Waals surface area contributed by atoms with Gasteiger partial charge in [-0.05, 0) is 37.2 Å². The van der Waals surface area contributed by atoms with Crippen molar-refractivity contribution in [2.75, 3.05) is 26.7 Å². The number of amides is 2. The molecule has 29 heavy (non-hydrogen) atoms. The van der Waals surface area contributed by atoms with Gasteiger partial charge in [-0.3, -0.25) is 24.2 Å². The Morgan fingerprint density at radius 3 is 2.28 bits per heavy atom. The summed E-state index contributed by atoms with van der Waals surface area (Å²) in [6.45, 7) is 2.79. The van der Waals surface area contributed by atoms with Gasteiger partial charge in [-0.2, -0.15) is 5.10 Å². The van der Waals surface area contributed by atoms with Crippen LogP contribution in [0.15, 0.2) is 35.6 Å². The summed E-state index contributed by atoms with van der Waals surface area (Å²) < 4.78 is 1.90. The van der Waals surface area contributed by atoms with Gasteiger partial charge in [0.2, 0.25) is 11.8 Å². The van der Waals surface area contributed by atoms with Gasteiger partial charge in [-0.25, -0.2) is 0 Å². The number of hydrogen-bond acceptors (Lipinski definition) is 4. The van der Waals surface area contributed by atoms with Crippen molar-refractivity contribution >= 4 is 41.8 Å². The van der Waals surface area contributed by atoms with Gasteiger partial charge in [0.05, 0.1) is 11.8 Å². The quantitative estimate of drug-likeness (QED) is 0.137. The first kappa shape index (κ1) is 21.8. The zero-order valence-electron chi connectivity index (χ0n) is 16.7. The average molecular weight is 512 g/mol. The number of carbonyl (C=O) groups is 2. The van der Waals surface area contributed by atoms with Gasteiger partial charge in [0, 0.05) is 45.6 Å². The van der Waals surface area contributed by atoms with Crippen molar-refractivity contribution in [2.24, 2.45) is 28.7 Å². The Morgan fingerprint density at radius 2 is 1.72 bits per heavy atom. The van der Waals surface area contributed by atoms with Crippen LogP contribution in [-0.2, 0) is 16.1 Å². The molecular formula is C20H29IN6O2. The Hall–Kier alpha value is -1.91. The lowest BCUT2D eigenvalue weighted by atomic mass is 9.85. The average Bonchev–Trinajstić information content (AvgIpc) is 3.48. The minimum Gasteiger partial charge on any atom is -0.356 e. The van der Waals surface area contributed by atoms with Crippen LogP contribution in [0.25, 0.3) is 0 Å². The van der Waals surface area contributed by atoms with E-state index in [0.717, 1.165) is 31.9 Å². The Balaban J connectivity index is 0.00000240. The molecule has 2 aliphatic carbocycles. The Morgan fingerprint density at radius 1 is 1.10 bits per heavy atom. The third-order valence-corrected chi connectivity index (χ3v) is 6.05. The molecule has 2 fully saturated rings. The van der Waals surface area contributed by atoms with Crippen molar-refractivity contribution in [1.82, 2.24) is 25.3 Å². The SMILES string of the molecule is CN=C(NCCCN1C(=O)C2C3C=CC(C3)C2C1=O)NCCCn1cccn1.I. The number of aliphatic imine (C=N–C) groups is 1. The highest BCUT2D eigenvalue weighted by molar-refractivity contribution is 14.0. The Labute approximate surface area is 188 Å². The minimum absolute atomic E-state index is 0. The van der Waals surface area contributed by atoms with Gasteiger partial charge in [-0.15, -0.1) is 24.0 Å². The monoisotopic (exact) mass is 512 g/mol. The van der Waals surface area contributed by atoms with Crippen molar-refractivity contribution < 1.29 is 9.59 Å². The Bertz CT molecular complexity index is 748. The van der Waals surface area contributed by atoms with E-state index in [1.165, 1.54) is 4.90 Å². The smallest absolute Gasteiger partial charge is 0.233 e. The van der Waals surface area contributed by atoms with Crippen molar-refractivity contribution in [2.45, 2.75) is 25.8 Å². The van der Waals surface area contributed by atoms with Gasteiger partial charge in [0.15, 0.2) is 5.96 Å². The van der Waals surface area contributed by atoms with Crippen LogP contribution in [0.5, 0.6) is 0 Å². The van der Waals surface area contributed by atoms with Crippen LogP contribution >= 0.6 is 24.0 Å². The number of fused-ring (bicyclic) bond motifs is 5. The molecule has 4 rings (SSSR count). The molecule has 1 saturated heterocycles. The number of hydrogen-bond donors (Lipinski definition) is 2. The van der Waals surface area contributed by atoms with Crippen molar-refractivity contribution in [1.29, 1.82) is 0 Å². The number of likely N-dealkylation sites (tertiary alicyclic amines) is 1. The van der Waals surface area contributed by atoms with Crippen LogP contribution in [-0.4, -0.2) is 59.1 Å². The summed E-state index contributed by atoms with van der Waals surface area (Å²) >= 11 is 0. The molecule has 1 aromatic heterocycles. The first-order chi connectivity index (χ1) is 13.7. The van der Waals surface area contributed by atoms with Crippen LogP contribution in [0, 0.1) is 23.7 Å². The number of guanidine groups is 1. The van der Waals surface area contributed by atoms with Crippen LogP contribution in [0.2, 0.25) is 0 Å². The van der Waals surface area contributed by atoms with Gasteiger partial charge < -0.3 is 10.6 Å². The predicted octanol–water partition coefficient (Wildman–Crippen LogP) is 1.25. The molecule has 4 atom stereocenters. The van der Waals surface area contributed by atoms with Crippen molar-refractivity contribution in [3.8, 4) is 0 Å². The highest BCUT2D eigenvalue weighted by atomic mass is 127. The van der Waals surface area contributed by atoms with Gasteiger partial charge >= 0.3 is 0 Å². The maximum Gasteiger partial charge on any atom is 0.233 e. The minimum atomic E-state index is -0.0975. The van der Waals surface area contributed by atoms with E-state index in [4.69, 9.17) is 0 Å². The topological polar surface area (TPSA) is 91.6 Å². The zero-order chi connectivity index (χ0) is 19.5. The van der Waals surface area contributed by atoms with E-state index < -0.39 is 0 Å². The van der Waals surface area contributed by atoms with E-state index >= 15 is 0 Å². The van der Waals surface area contributed by atoms with Crippen LogP contribution in [0.1, 0.15) is 19.3 Å². The predicted molar refractivity (Wildman–Crippen MR) is 121 cm³/mol. The second-order valence-corrected chi connectivity index (χ2v) is 7.73. The normalized spacial score (nSPS) is 27.3. The number of allylic oxidation sites excluding steroid dienone is 2. The van der Waals surface area contributed by atoms with Crippen LogP contribution < -0.4 is 10.6 Å². The second-order valence-electron chi connectivity index (χ2n) is 7.73. The zero-order valence-corrected chi connectivity index (χ0v) is 19.0. The molecule has 1 aliphatic heterocycles. The van der Waals surface area contributed by atoms with Gasteiger partial charge in [0.1, 0.15) is 0 Å². The molecule has 1 saturated carbocycles. The van der Waals surface area contributed by atoms with Gasteiger partial charge in [-0.1, -0.05) is 12.2 Å². The van der Waals surface area contributed by atoms with E-state index in [2.05, 4.69) is 32.9 Å². The van der Waals surface area contributed by atoms with E-state index in [1.807, 2.05) is 16.9 Å². The summed E-state index contributed by atoms with van der Waals surface area (Å²) in [6, 6.07) is 1.91. The van der Waals surface area contributed by atoms with Crippen molar-refractivity contribution in [3.63, 3.8) is 0 Å². The van der Waals surface area contributed by atoms with Crippen LogP contribution in [0.3, 0.4) is 0 Å². The number of rotatable bonds is 8.